The Labute approximate surface area is 104 Å². The van der Waals surface area contributed by atoms with Crippen LogP contribution in [0.4, 0.5) is 0 Å². The van der Waals surface area contributed by atoms with Gasteiger partial charge >= 0.3 is 0 Å². The highest BCUT2D eigenvalue weighted by Gasteiger charge is 2.22. The Kier molecular flexibility index (Phi) is 5.46. The van der Waals surface area contributed by atoms with Crippen LogP contribution in [0.3, 0.4) is 0 Å². The third kappa shape index (κ3) is 3.94. The summed E-state index contributed by atoms with van der Waals surface area (Å²) in [6.45, 7) is 1.91. The second-order valence-corrected chi connectivity index (χ2v) is 6.54. The maximum Gasteiger partial charge on any atom is 0.0476 e. The zero-order valence-corrected chi connectivity index (χ0v) is 11.0. The predicted molar refractivity (Wildman–Crippen MR) is 70.8 cm³/mol. The lowest BCUT2D eigenvalue weighted by Gasteiger charge is -2.29. The van der Waals surface area contributed by atoms with Crippen molar-refractivity contribution in [1.29, 1.82) is 0 Å². The lowest BCUT2D eigenvalue weighted by Crippen LogP contribution is -2.34. The summed E-state index contributed by atoms with van der Waals surface area (Å²) in [5.41, 5.74) is 6.31. The second-order valence-electron chi connectivity index (χ2n) is 5.21. The van der Waals surface area contributed by atoms with Crippen LogP contribution in [0.1, 0.15) is 44.9 Å². The van der Waals surface area contributed by atoms with Crippen LogP contribution in [0, 0.1) is 5.92 Å². The van der Waals surface area contributed by atoms with Gasteiger partial charge in [-0.15, -0.1) is 0 Å². The average Bonchev–Trinajstić information content (AvgIpc) is 2.38. The zero-order chi connectivity index (χ0) is 11.2. The van der Waals surface area contributed by atoms with E-state index in [1.54, 1.807) is 0 Å². The molecule has 1 aliphatic heterocycles. The van der Waals surface area contributed by atoms with Crippen molar-refractivity contribution in [3.63, 3.8) is 0 Å². The van der Waals surface area contributed by atoms with E-state index < -0.39 is 0 Å². The molecule has 0 amide bonds. The van der Waals surface area contributed by atoms with E-state index in [4.69, 9.17) is 10.5 Å². The summed E-state index contributed by atoms with van der Waals surface area (Å²) in [6.07, 6.45) is 9.42. The Morgan fingerprint density at radius 3 is 2.44 bits per heavy atom. The minimum atomic E-state index is 0.438. The Hall–Kier alpha value is 0.270. The fraction of sp³-hybridized carbons (Fsp3) is 1.00. The molecule has 0 aromatic carbocycles. The molecule has 0 bridgehead atoms. The van der Waals surface area contributed by atoms with Crippen LogP contribution >= 0.6 is 11.8 Å². The van der Waals surface area contributed by atoms with Crippen LogP contribution in [0.15, 0.2) is 0 Å². The van der Waals surface area contributed by atoms with Gasteiger partial charge in [0, 0.05) is 30.3 Å². The smallest absolute Gasteiger partial charge is 0.0476 e. The minimum absolute atomic E-state index is 0.438. The van der Waals surface area contributed by atoms with E-state index in [0.29, 0.717) is 6.04 Å². The molecule has 0 aromatic heterocycles. The van der Waals surface area contributed by atoms with Gasteiger partial charge < -0.3 is 10.5 Å². The number of hydrogen-bond acceptors (Lipinski definition) is 3. The molecule has 94 valence electrons. The fourth-order valence-corrected chi connectivity index (χ4v) is 4.08. The standard InChI is InChI=1S/C13H25NOS/c14-13(11-4-2-1-3-5-11)10-16-12-6-8-15-9-7-12/h11-13H,1-10,14H2. The molecule has 2 fully saturated rings. The molecular weight excluding hydrogens is 218 g/mol. The summed E-state index contributed by atoms with van der Waals surface area (Å²) in [7, 11) is 0. The highest BCUT2D eigenvalue weighted by molar-refractivity contribution is 7.99. The molecule has 1 atom stereocenters. The first kappa shape index (κ1) is 12.7. The molecule has 1 aliphatic carbocycles. The normalized spacial score (nSPS) is 26.8. The molecule has 16 heavy (non-hydrogen) atoms. The van der Waals surface area contributed by atoms with Gasteiger partial charge in [-0.3, -0.25) is 0 Å². The molecule has 1 saturated heterocycles. The highest BCUT2D eigenvalue weighted by Crippen LogP contribution is 2.29. The van der Waals surface area contributed by atoms with Crippen LogP contribution in [-0.2, 0) is 4.74 Å². The molecule has 2 nitrogen and oxygen atoms in total. The maximum atomic E-state index is 6.31. The van der Waals surface area contributed by atoms with Gasteiger partial charge in [-0.05, 0) is 31.6 Å². The van der Waals surface area contributed by atoms with E-state index in [0.717, 1.165) is 30.1 Å². The van der Waals surface area contributed by atoms with Crippen molar-refractivity contribution in [2.45, 2.75) is 56.2 Å². The first-order chi connectivity index (χ1) is 7.86. The van der Waals surface area contributed by atoms with Crippen LogP contribution < -0.4 is 5.73 Å². The summed E-state index contributed by atoms with van der Waals surface area (Å²) in [6, 6.07) is 0.438. The van der Waals surface area contributed by atoms with E-state index >= 15 is 0 Å². The lowest BCUT2D eigenvalue weighted by atomic mass is 9.85. The summed E-state index contributed by atoms with van der Waals surface area (Å²) in [5.74, 6) is 1.97. The monoisotopic (exact) mass is 243 g/mol. The van der Waals surface area contributed by atoms with E-state index in [1.165, 1.54) is 44.9 Å². The minimum Gasteiger partial charge on any atom is -0.381 e. The molecule has 0 radical (unpaired) electrons. The highest BCUT2D eigenvalue weighted by atomic mass is 32.2. The van der Waals surface area contributed by atoms with Crippen LogP contribution in [0.2, 0.25) is 0 Å². The van der Waals surface area contributed by atoms with E-state index in [1.807, 2.05) is 0 Å². The molecule has 2 N–H and O–H groups in total. The summed E-state index contributed by atoms with van der Waals surface area (Å²) in [5, 5.41) is 0.809. The number of hydrogen-bond donors (Lipinski definition) is 1. The Morgan fingerprint density at radius 1 is 1.06 bits per heavy atom. The average molecular weight is 243 g/mol. The van der Waals surface area contributed by atoms with Crippen molar-refractivity contribution >= 4 is 11.8 Å². The third-order valence-electron chi connectivity index (χ3n) is 3.95. The second kappa shape index (κ2) is 6.87. The molecular formula is C13H25NOS. The first-order valence-corrected chi connectivity index (χ1v) is 7.86. The van der Waals surface area contributed by atoms with Gasteiger partial charge in [-0.25, -0.2) is 0 Å². The first-order valence-electron chi connectivity index (χ1n) is 6.81. The van der Waals surface area contributed by atoms with E-state index in [2.05, 4.69) is 11.8 Å². The topological polar surface area (TPSA) is 35.2 Å². The van der Waals surface area contributed by atoms with Gasteiger partial charge in [0.05, 0.1) is 0 Å². The summed E-state index contributed by atoms with van der Waals surface area (Å²) < 4.78 is 5.38. The van der Waals surface area contributed by atoms with Gasteiger partial charge in [0.15, 0.2) is 0 Å². The van der Waals surface area contributed by atoms with Gasteiger partial charge in [0.2, 0.25) is 0 Å². The number of rotatable bonds is 4. The molecule has 0 aromatic rings. The Balaban J connectivity index is 1.63. The van der Waals surface area contributed by atoms with Crippen LogP contribution in [0.5, 0.6) is 0 Å². The van der Waals surface area contributed by atoms with Crippen molar-refractivity contribution in [2.75, 3.05) is 19.0 Å². The van der Waals surface area contributed by atoms with E-state index in [9.17, 15) is 0 Å². The largest absolute Gasteiger partial charge is 0.381 e. The molecule has 1 saturated carbocycles. The van der Waals surface area contributed by atoms with Gasteiger partial charge in [-0.2, -0.15) is 11.8 Å². The third-order valence-corrected chi connectivity index (χ3v) is 5.47. The predicted octanol–water partition coefficient (Wildman–Crippen LogP) is 2.81. The fourth-order valence-electron chi connectivity index (χ4n) is 2.79. The maximum absolute atomic E-state index is 6.31. The summed E-state index contributed by atoms with van der Waals surface area (Å²) >= 11 is 2.09. The van der Waals surface area contributed by atoms with Gasteiger partial charge in [0.1, 0.15) is 0 Å². The molecule has 2 aliphatic rings. The molecule has 1 unspecified atom stereocenters. The Bertz CT molecular complexity index is 188. The Morgan fingerprint density at radius 2 is 1.75 bits per heavy atom. The van der Waals surface area contributed by atoms with Crippen LogP contribution in [0.25, 0.3) is 0 Å². The lowest BCUT2D eigenvalue weighted by molar-refractivity contribution is 0.1000. The number of nitrogens with two attached hydrogens (primary N) is 1. The molecule has 3 heteroatoms. The van der Waals surface area contributed by atoms with Crippen molar-refractivity contribution in [3.8, 4) is 0 Å². The van der Waals surface area contributed by atoms with Crippen molar-refractivity contribution in [2.24, 2.45) is 11.7 Å². The van der Waals surface area contributed by atoms with Gasteiger partial charge in [-0.1, -0.05) is 19.3 Å². The quantitative estimate of drug-likeness (QED) is 0.824. The van der Waals surface area contributed by atoms with Crippen molar-refractivity contribution < 1.29 is 4.74 Å². The molecule has 0 spiro atoms. The van der Waals surface area contributed by atoms with Gasteiger partial charge in [0.25, 0.3) is 0 Å². The van der Waals surface area contributed by atoms with Crippen molar-refractivity contribution in [1.82, 2.24) is 0 Å². The molecule has 2 rings (SSSR count). The number of ether oxygens (including phenoxy) is 1. The SMILES string of the molecule is NC(CSC1CCOCC1)C1CCCCC1. The summed E-state index contributed by atoms with van der Waals surface area (Å²) in [4.78, 5) is 0. The zero-order valence-electron chi connectivity index (χ0n) is 10.2. The number of thioether (sulfide) groups is 1. The van der Waals surface area contributed by atoms with Crippen LogP contribution in [-0.4, -0.2) is 30.3 Å². The molecule has 1 heterocycles. The van der Waals surface area contributed by atoms with Crippen molar-refractivity contribution in [3.05, 3.63) is 0 Å². The van der Waals surface area contributed by atoms with E-state index in [-0.39, 0.29) is 0 Å².